The van der Waals surface area contributed by atoms with Gasteiger partial charge in [-0.15, -0.1) is 5.10 Å². The molecule has 0 spiro atoms. The fourth-order valence-electron chi connectivity index (χ4n) is 2.47. The minimum Gasteiger partial charge on any atom is -0.484 e. The molecule has 0 saturated carbocycles. The second-order valence-corrected chi connectivity index (χ2v) is 5.60. The van der Waals surface area contributed by atoms with Crippen molar-refractivity contribution in [1.29, 1.82) is 0 Å². The second kappa shape index (κ2) is 6.55. The zero-order valence-electron chi connectivity index (χ0n) is 12.6. The van der Waals surface area contributed by atoms with Gasteiger partial charge in [-0.05, 0) is 53.5 Å². The first-order valence-electron chi connectivity index (χ1n) is 7.46. The highest BCUT2D eigenvalue weighted by molar-refractivity contribution is 5.77. The van der Waals surface area contributed by atoms with Crippen LogP contribution in [0.3, 0.4) is 0 Å². The summed E-state index contributed by atoms with van der Waals surface area (Å²) in [7, 11) is 0. The molecule has 0 radical (unpaired) electrons. The van der Waals surface area contributed by atoms with Crippen LogP contribution < -0.4 is 4.74 Å². The molecular formula is C15H19N5O2. The molecule has 1 aromatic carbocycles. The summed E-state index contributed by atoms with van der Waals surface area (Å²) >= 11 is 0. The van der Waals surface area contributed by atoms with E-state index in [1.54, 1.807) is 4.68 Å². The highest BCUT2D eigenvalue weighted by atomic mass is 16.5. The van der Waals surface area contributed by atoms with Crippen molar-refractivity contribution in [3.05, 3.63) is 30.6 Å². The number of benzene rings is 1. The summed E-state index contributed by atoms with van der Waals surface area (Å²) in [6.07, 6.45) is 3.68. The number of likely N-dealkylation sites (tertiary alicyclic amines) is 1. The number of carbonyl (C=O) groups excluding carboxylic acids is 1. The van der Waals surface area contributed by atoms with E-state index in [1.807, 2.05) is 29.2 Å². The number of ether oxygens (including phenoxy) is 1. The summed E-state index contributed by atoms with van der Waals surface area (Å²) < 4.78 is 7.13. The van der Waals surface area contributed by atoms with Gasteiger partial charge in [0.25, 0.3) is 5.91 Å². The van der Waals surface area contributed by atoms with Crippen molar-refractivity contribution >= 4 is 5.91 Å². The summed E-state index contributed by atoms with van der Waals surface area (Å²) in [6, 6.07) is 7.31. The van der Waals surface area contributed by atoms with E-state index in [-0.39, 0.29) is 12.5 Å². The van der Waals surface area contributed by atoms with Gasteiger partial charge in [-0.2, -0.15) is 0 Å². The number of amides is 1. The number of carbonyl (C=O) groups is 1. The molecule has 7 heteroatoms. The Bertz CT molecular complexity index is 603. The fourth-order valence-corrected chi connectivity index (χ4v) is 2.47. The molecule has 2 aromatic rings. The maximum atomic E-state index is 12.1. The molecular weight excluding hydrogens is 282 g/mol. The maximum absolute atomic E-state index is 12.1. The normalized spacial score (nSPS) is 15.8. The first-order valence-corrected chi connectivity index (χ1v) is 7.46. The first kappa shape index (κ1) is 14.5. The average molecular weight is 301 g/mol. The van der Waals surface area contributed by atoms with Crippen LogP contribution in [0.5, 0.6) is 5.75 Å². The molecule has 22 heavy (non-hydrogen) atoms. The highest BCUT2D eigenvalue weighted by Gasteiger charge is 2.20. The molecule has 116 valence electrons. The zero-order valence-corrected chi connectivity index (χ0v) is 12.6. The lowest BCUT2D eigenvalue weighted by Crippen LogP contribution is -2.40. The lowest BCUT2D eigenvalue weighted by molar-refractivity contribution is -0.134. The van der Waals surface area contributed by atoms with Crippen molar-refractivity contribution in [3.8, 4) is 11.4 Å². The summed E-state index contributed by atoms with van der Waals surface area (Å²) in [6.45, 7) is 3.98. The molecule has 0 aliphatic carbocycles. The Hall–Kier alpha value is -2.44. The summed E-state index contributed by atoms with van der Waals surface area (Å²) in [5.41, 5.74) is 0.841. The number of piperidine rings is 1. The van der Waals surface area contributed by atoms with Crippen LogP contribution in [0.1, 0.15) is 19.8 Å². The van der Waals surface area contributed by atoms with E-state index in [1.165, 1.54) is 6.33 Å². The van der Waals surface area contributed by atoms with E-state index in [4.69, 9.17) is 4.74 Å². The number of aromatic nitrogens is 4. The Morgan fingerprint density at radius 1 is 1.27 bits per heavy atom. The molecule has 0 bridgehead atoms. The maximum Gasteiger partial charge on any atom is 0.260 e. The van der Waals surface area contributed by atoms with Gasteiger partial charge in [-0.3, -0.25) is 4.79 Å². The third-order valence-electron chi connectivity index (χ3n) is 3.95. The Morgan fingerprint density at radius 2 is 2.00 bits per heavy atom. The van der Waals surface area contributed by atoms with Crippen molar-refractivity contribution < 1.29 is 9.53 Å². The third-order valence-corrected chi connectivity index (χ3v) is 3.95. The molecule has 1 amide bonds. The van der Waals surface area contributed by atoms with E-state index in [0.29, 0.717) is 11.7 Å². The Balaban J connectivity index is 1.52. The first-order chi connectivity index (χ1) is 10.7. The van der Waals surface area contributed by atoms with Crippen LogP contribution in [0.25, 0.3) is 5.69 Å². The van der Waals surface area contributed by atoms with Crippen molar-refractivity contribution in [3.63, 3.8) is 0 Å². The van der Waals surface area contributed by atoms with Crippen LogP contribution >= 0.6 is 0 Å². The zero-order chi connectivity index (χ0) is 15.4. The SMILES string of the molecule is CC1CCN(C(=O)COc2ccc(-n3cnnn3)cc2)CC1. The van der Waals surface area contributed by atoms with E-state index in [9.17, 15) is 4.79 Å². The highest BCUT2D eigenvalue weighted by Crippen LogP contribution is 2.17. The monoisotopic (exact) mass is 301 g/mol. The minimum atomic E-state index is 0.0523. The predicted octanol–water partition coefficient (Wildman–Crippen LogP) is 1.30. The number of nitrogens with zero attached hydrogens (tertiary/aromatic N) is 5. The number of hydrogen-bond acceptors (Lipinski definition) is 5. The van der Waals surface area contributed by atoms with Crippen molar-refractivity contribution in [1.82, 2.24) is 25.1 Å². The Labute approximate surface area is 128 Å². The van der Waals surface area contributed by atoms with E-state index in [2.05, 4.69) is 22.4 Å². The topological polar surface area (TPSA) is 73.1 Å². The number of rotatable bonds is 4. The van der Waals surface area contributed by atoms with E-state index in [0.717, 1.165) is 31.6 Å². The molecule has 0 unspecified atom stereocenters. The van der Waals surface area contributed by atoms with Crippen molar-refractivity contribution in [2.24, 2.45) is 5.92 Å². The molecule has 0 N–H and O–H groups in total. The lowest BCUT2D eigenvalue weighted by atomic mass is 9.99. The summed E-state index contributed by atoms with van der Waals surface area (Å²) in [5, 5.41) is 11.0. The van der Waals surface area contributed by atoms with Gasteiger partial charge in [0, 0.05) is 13.1 Å². The second-order valence-electron chi connectivity index (χ2n) is 5.60. The van der Waals surface area contributed by atoms with Gasteiger partial charge in [0.1, 0.15) is 12.1 Å². The van der Waals surface area contributed by atoms with Gasteiger partial charge < -0.3 is 9.64 Å². The number of hydrogen-bond donors (Lipinski definition) is 0. The molecule has 0 atom stereocenters. The van der Waals surface area contributed by atoms with Crippen molar-refractivity contribution in [2.75, 3.05) is 19.7 Å². The molecule has 7 nitrogen and oxygen atoms in total. The van der Waals surface area contributed by atoms with Gasteiger partial charge in [-0.1, -0.05) is 6.92 Å². The molecule has 2 heterocycles. The minimum absolute atomic E-state index is 0.0523. The van der Waals surface area contributed by atoms with Crippen LogP contribution in [0.15, 0.2) is 30.6 Å². The number of tetrazole rings is 1. The van der Waals surface area contributed by atoms with Crippen LogP contribution in [0.4, 0.5) is 0 Å². The lowest BCUT2D eigenvalue weighted by Gasteiger charge is -2.30. The van der Waals surface area contributed by atoms with Gasteiger partial charge >= 0.3 is 0 Å². The van der Waals surface area contributed by atoms with Crippen LogP contribution in [-0.2, 0) is 4.79 Å². The molecule has 1 aliphatic heterocycles. The average Bonchev–Trinajstić information content (AvgIpc) is 3.08. The van der Waals surface area contributed by atoms with Gasteiger partial charge in [-0.25, -0.2) is 4.68 Å². The Morgan fingerprint density at radius 3 is 2.64 bits per heavy atom. The largest absolute Gasteiger partial charge is 0.484 e. The predicted molar refractivity (Wildman–Crippen MR) is 79.6 cm³/mol. The molecule has 1 aliphatic rings. The van der Waals surface area contributed by atoms with Crippen molar-refractivity contribution in [2.45, 2.75) is 19.8 Å². The quantitative estimate of drug-likeness (QED) is 0.851. The molecule has 1 fully saturated rings. The molecule has 3 rings (SSSR count). The fraction of sp³-hybridized carbons (Fsp3) is 0.467. The van der Waals surface area contributed by atoms with E-state index >= 15 is 0 Å². The van der Waals surface area contributed by atoms with Gasteiger partial charge in [0.15, 0.2) is 6.61 Å². The standard InChI is InChI=1S/C15H19N5O2/c1-12-6-8-19(9-7-12)15(21)10-22-14-4-2-13(3-5-14)20-11-16-17-18-20/h2-5,11-12H,6-10H2,1H3. The molecule has 1 aromatic heterocycles. The van der Waals surface area contributed by atoms with Crippen LogP contribution in [0, 0.1) is 5.92 Å². The third kappa shape index (κ3) is 3.41. The van der Waals surface area contributed by atoms with Crippen LogP contribution in [-0.4, -0.2) is 50.7 Å². The Kier molecular flexibility index (Phi) is 4.32. The van der Waals surface area contributed by atoms with Crippen LogP contribution in [0.2, 0.25) is 0 Å². The van der Waals surface area contributed by atoms with Gasteiger partial charge in [0.2, 0.25) is 0 Å². The van der Waals surface area contributed by atoms with E-state index < -0.39 is 0 Å². The molecule has 1 saturated heterocycles. The smallest absolute Gasteiger partial charge is 0.260 e. The van der Waals surface area contributed by atoms with Gasteiger partial charge in [0.05, 0.1) is 5.69 Å². The summed E-state index contributed by atoms with van der Waals surface area (Å²) in [5.74, 6) is 1.43. The summed E-state index contributed by atoms with van der Waals surface area (Å²) in [4.78, 5) is 14.0.